The van der Waals surface area contributed by atoms with Crippen LogP contribution in [0.5, 0.6) is 11.5 Å². The summed E-state index contributed by atoms with van der Waals surface area (Å²) in [6, 6.07) is 10.8. The van der Waals surface area contributed by atoms with E-state index in [1.807, 2.05) is 19.9 Å². The van der Waals surface area contributed by atoms with E-state index in [0.29, 0.717) is 22.7 Å². The highest BCUT2D eigenvalue weighted by Gasteiger charge is 2.14. The molecule has 0 atom stereocenters. The summed E-state index contributed by atoms with van der Waals surface area (Å²) in [4.78, 5) is 23.9. The third-order valence-corrected chi connectivity index (χ3v) is 3.51. The van der Waals surface area contributed by atoms with E-state index in [4.69, 9.17) is 9.47 Å². The zero-order chi connectivity index (χ0) is 19.1. The van der Waals surface area contributed by atoms with Crippen LogP contribution in [0.2, 0.25) is 0 Å². The summed E-state index contributed by atoms with van der Waals surface area (Å²) < 4.78 is 10.5. The van der Waals surface area contributed by atoms with Gasteiger partial charge in [0, 0.05) is 5.69 Å². The normalized spacial score (nSPS) is 10.5. The summed E-state index contributed by atoms with van der Waals surface area (Å²) >= 11 is 0. The maximum Gasteiger partial charge on any atom is 0.329 e. The van der Waals surface area contributed by atoms with Gasteiger partial charge < -0.3 is 14.8 Å². The molecule has 7 nitrogen and oxygen atoms in total. The minimum atomic E-state index is -0.880. The number of amides is 2. The summed E-state index contributed by atoms with van der Waals surface area (Å²) in [7, 11) is 3.03. The number of carbonyl (C=O) groups excluding carboxylic acids is 2. The lowest BCUT2D eigenvalue weighted by Gasteiger charge is -2.09. The van der Waals surface area contributed by atoms with Crippen LogP contribution in [0.25, 0.3) is 0 Å². The third kappa shape index (κ3) is 4.83. The highest BCUT2D eigenvalue weighted by atomic mass is 16.5. The van der Waals surface area contributed by atoms with Gasteiger partial charge in [-0.25, -0.2) is 5.43 Å². The lowest BCUT2D eigenvalue weighted by atomic mass is 10.1. The third-order valence-electron chi connectivity index (χ3n) is 3.51. The van der Waals surface area contributed by atoms with Gasteiger partial charge in [-0.3, -0.25) is 9.59 Å². The minimum absolute atomic E-state index is 0.530. The first-order chi connectivity index (χ1) is 12.4. The van der Waals surface area contributed by atoms with Gasteiger partial charge in [-0.2, -0.15) is 5.10 Å². The molecule has 2 rings (SSSR count). The average molecular weight is 355 g/mol. The topological polar surface area (TPSA) is 89.0 Å². The van der Waals surface area contributed by atoms with Gasteiger partial charge in [0.2, 0.25) is 0 Å². The van der Waals surface area contributed by atoms with Crippen molar-refractivity contribution in [3.8, 4) is 11.5 Å². The molecule has 0 bridgehead atoms. The maximum atomic E-state index is 12.0. The Morgan fingerprint density at radius 1 is 0.962 bits per heavy atom. The predicted molar refractivity (Wildman–Crippen MR) is 99.8 cm³/mol. The van der Waals surface area contributed by atoms with Crippen LogP contribution in [0.4, 0.5) is 5.69 Å². The molecule has 136 valence electrons. The number of nitrogens with zero attached hydrogens (tertiary/aromatic N) is 1. The van der Waals surface area contributed by atoms with Crippen LogP contribution >= 0.6 is 0 Å². The molecule has 0 aliphatic rings. The number of carbonyl (C=O) groups is 2. The van der Waals surface area contributed by atoms with Gasteiger partial charge in [-0.05, 0) is 49.2 Å². The zero-order valence-corrected chi connectivity index (χ0v) is 15.1. The van der Waals surface area contributed by atoms with Crippen molar-refractivity contribution in [1.29, 1.82) is 0 Å². The molecule has 0 fully saturated rings. The SMILES string of the molecule is COc1cccc(OC)c1/C=N\NC(=O)C(=O)Nc1cc(C)cc(C)c1. The number of ether oxygens (including phenoxy) is 2. The maximum absolute atomic E-state index is 12.0. The number of methoxy groups -OCH3 is 2. The van der Waals surface area contributed by atoms with Gasteiger partial charge in [-0.15, -0.1) is 0 Å². The van der Waals surface area contributed by atoms with Crippen LogP contribution in [0, 0.1) is 13.8 Å². The first-order valence-corrected chi connectivity index (χ1v) is 7.88. The molecular weight excluding hydrogens is 334 g/mol. The number of hydrogen-bond acceptors (Lipinski definition) is 5. The van der Waals surface area contributed by atoms with E-state index in [0.717, 1.165) is 11.1 Å². The number of rotatable bonds is 5. The van der Waals surface area contributed by atoms with Crippen molar-refractivity contribution in [3.63, 3.8) is 0 Å². The van der Waals surface area contributed by atoms with Crippen molar-refractivity contribution < 1.29 is 19.1 Å². The fourth-order valence-corrected chi connectivity index (χ4v) is 2.45. The fourth-order valence-electron chi connectivity index (χ4n) is 2.45. The molecule has 0 unspecified atom stereocenters. The standard InChI is InChI=1S/C19H21N3O4/c1-12-8-13(2)10-14(9-12)21-18(23)19(24)22-20-11-15-16(25-3)6-5-7-17(15)26-4/h5-11H,1-4H3,(H,21,23)(H,22,24)/b20-11-. The Labute approximate surface area is 152 Å². The predicted octanol–water partition coefficient (Wildman–Crippen LogP) is 2.41. The molecule has 0 aromatic heterocycles. The number of benzene rings is 2. The van der Waals surface area contributed by atoms with Crippen LogP contribution in [0.3, 0.4) is 0 Å². The van der Waals surface area contributed by atoms with Gasteiger partial charge in [0.25, 0.3) is 0 Å². The van der Waals surface area contributed by atoms with Crippen molar-refractivity contribution in [3.05, 3.63) is 53.1 Å². The molecular formula is C19H21N3O4. The highest BCUT2D eigenvalue weighted by molar-refractivity contribution is 6.39. The number of hydrazone groups is 1. The molecule has 0 spiro atoms. The quantitative estimate of drug-likeness (QED) is 0.490. The Hall–Kier alpha value is -3.35. The average Bonchev–Trinajstić information content (AvgIpc) is 2.60. The molecule has 0 heterocycles. The Kier molecular flexibility index (Phi) is 6.32. The van der Waals surface area contributed by atoms with Crippen LogP contribution in [0.15, 0.2) is 41.5 Å². The minimum Gasteiger partial charge on any atom is -0.496 e. The summed E-state index contributed by atoms with van der Waals surface area (Å²) in [6.45, 7) is 3.82. The number of hydrogen-bond donors (Lipinski definition) is 2. The van der Waals surface area contributed by atoms with Gasteiger partial charge in [0.15, 0.2) is 0 Å². The lowest BCUT2D eigenvalue weighted by molar-refractivity contribution is -0.136. The molecule has 0 saturated carbocycles. The van der Waals surface area contributed by atoms with E-state index in [9.17, 15) is 9.59 Å². The molecule has 0 saturated heterocycles. The highest BCUT2D eigenvalue weighted by Crippen LogP contribution is 2.26. The molecule has 2 aromatic rings. The van der Waals surface area contributed by atoms with Crippen molar-refractivity contribution >= 4 is 23.7 Å². The molecule has 2 amide bonds. The summed E-state index contributed by atoms with van der Waals surface area (Å²) in [5.74, 6) is -0.627. The van der Waals surface area contributed by atoms with Crippen molar-refractivity contribution in [2.45, 2.75) is 13.8 Å². The molecule has 2 N–H and O–H groups in total. The Morgan fingerprint density at radius 3 is 2.08 bits per heavy atom. The zero-order valence-electron chi connectivity index (χ0n) is 15.1. The van der Waals surface area contributed by atoms with Gasteiger partial charge in [-0.1, -0.05) is 12.1 Å². The summed E-state index contributed by atoms with van der Waals surface area (Å²) in [5, 5.41) is 6.35. The molecule has 0 radical (unpaired) electrons. The smallest absolute Gasteiger partial charge is 0.329 e. The van der Waals surface area contributed by atoms with Gasteiger partial charge in [0.1, 0.15) is 11.5 Å². The molecule has 0 aliphatic heterocycles. The molecule has 7 heteroatoms. The molecule has 26 heavy (non-hydrogen) atoms. The second-order valence-corrected chi connectivity index (χ2v) is 5.61. The lowest BCUT2D eigenvalue weighted by Crippen LogP contribution is -2.32. The first kappa shape index (κ1) is 19.0. The second-order valence-electron chi connectivity index (χ2n) is 5.61. The first-order valence-electron chi connectivity index (χ1n) is 7.88. The van der Waals surface area contributed by atoms with Gasteiger partial charge in [0.05, 0.1) is 26.0 Å². The van der Waals surface area contributed by atoms with E-state index in [2.05, 4.69) is 15.8 Å². The van der Waals surface area contributed by atoms with Crippen molar-refractivity contribution in [2.24, 2.45) is 5.10 Å². The van der Waals surface area contributed by atoms with Crippen molar-refractivity contribution in [1.82, 2.24) is 5.43 Å². The van der Waals surface area contributed by atoms with E-state index >= 15 is 0 Å². The Morgan fingerprint density at radius 2 is 1.54 bits per heavy atom. The number of nitrogens with one attached hydrogen (secondary N) is 2. The molecule has 2 aromatic carbocycles. The van der Waals surface area contributed by atoms with E-state index in [1.165, 1.54) is 20.4 Å². The summed E-state index contributed by atoms with van der Waals surface area (Å²) in [5.41, 5.74) is 5.27. The van der Waals surface area contributed by atoms with Crippen LogP contribution in [0.1, 0.15) is 16.7 Å². The largest absolute Gasteiger partial charge is 0.496 e. The Balaban J connectivity index is 2.04. The fraction of sp³-hybridized carbons (Fsp3) is 0.211. The summed E-state index contributed by atoms with van der Waals surface area (Å²) in [6.07, 6.45) is 1.36. The van der Waals surface area contributed by atoms with E-state index in [1.54, 1.807) is 30.3 Å². The Bertz CT molecular complexity index is 804. The van der Waals surface area contributed by atoms with E-state index < -0.39 is 11.8 Å². The van der Waals surface area contributed by atoms with Crippen LogP contribution in [-0.4, -0.2) is 32.2 Å². The molecule has 0 aliphatic carbocycles. The second kappa shape index (κ2) is 8.66. The van der Waals surface area contributed by atoms with Gasteiger partial charge >= 0.3 is 11.8 Å². The van der Waals surface area contributed by atoms with Crippen molar-refractivity contribution in [2.75, 3.05) is 19.5 Å². The number of aryl methyl sites for hydroxylation is 2. The van der Waals surface area contributed by atoms with Crippen LogP contribution in [-0.2, 0) is 9.59 Å². The number of anilines is 1. The van der Waals surface area contributed by atoms with E-state index in [-0.39, 0.29) is 0 Å². The van der Waals surface area contributed by atoms with Crippen LogP contribution < -0.4 is 20.2 Å². The monoisotopic (exact) mass is 355 g/mol.